The Balaban J connectivity index is 0.00000256. The van der Waals surface area contributed by atoms with Gasteiger partial charge in [-0.15, -0.1) is 12.4 Å². The topological polar surface area (TPSA) is 21.3 Å². The van der Waals surface area contributed by atoms with Crippen molar-refractivity contribution in [2.24, 2.45) is 0 Å². The summed E-state index contributed by atoms with van der Waals surface area (Å²) in [6.45, 7) is 5.87. The molecule has 1 N–H and O–H groups in total. The van der Waals surface area contributed by atoms with Gasteiger partial charge in [-0.2, -0.15) is 0 Å². The number of hydrogen-bond acceptors (Lipinski definition) is 2. The van der Waals surface area contributed by atoms with Crippen LogP contribution in [0.25, 0.3) is 0 Å². The van der Waals surface area contributed by atoms with Crippen LogP contribution in [0.5, 0.6) is 5.75 Å². The monoisotopic (exact) mass is 255 g/mol. The quantitative estimate of drug-likeness (QED) is 0.787. The van der Waals surface area contributed by atoms with Gasteiger partial charge in [0.25, 0.3) is 0 Å². The minimum Gasteiger partial charge on any atom is -0.489 e. The van der Waals surface area contributed by atoms with E-state index in [2.05, 4.69) is 37.4 Å². The Morgan fingerprint density at radius 2 is 1.94 bits per heavy atom. The van der Waals surface area contributed by atoms with Crippen LogP contribution in [-0.4, -0.2) is 20.2 Å². The Labute approximate surface area is 110 Å². The molecule has 96 valence electrons. The fourth-order valence-electron chi connectivity index (χ4n) is 1.50. The standard InChI is InChI=1S/C14H21NO.ClH/c1-12(2)13-8-4-5-9-14(13)16-11-7-6-10-15-3;/h4-9,12,15H,10-11H2,1-3H3;1H/b7-6+;. The number of rotatable bonds is 6. The van der Waals surface area contributed by atoms with Crippen molar-refractivity contribution in [2.45, 2.75) is 19.8 Å². The van der Waals surface area contributed by atoms with Gasteiger partial charge in [0.15, 0.2) is 0 Å². The smallest absolute Gasteiger partial charge is 0.123 e. The van der Waals surface area contributed by atoms with Crippen LogP contribution < -0.4 is 10.1 Å². The lowest BCUT2D eigenvalue weighted by atomic mass is 10.0. The molecule has 0 aromatic heterocycles. The first kappa shape index (κ1) is 16.0. The minimum absolute atomic E-state index is 0. The predicted molar refractivity (Wildman–Crippen MR) is 76.3 cm³/mol. The molecule has 0 amide bonds. The SMILES string of the molecule is CNC/C=C/COc1ccccc1C(C)C.Cl. The van der Waals surface area contributed by atoms with Gasteiger partial charge >= 0.3 is 0 Å². The molecule has 0 aliphatic carbocycles. The van der Waals surface area contributed by atoms with Gasteiger partial charge in [0, 0.05) is 6.54 Å². The summed E-state index contributed by atoms with van der Waals surface area (Å²) in [4.78, 5) is 0. The van der Waals surface area contributed by atoms with E-state index >= 15 is 0 Å². The van der Waals surface area contributed by atoms with E-state index in [1.54, 1.807) is 0 Å². The van der Waals surface area contributed by atoms with Gasteiger partial charge in [-0.25, -0.2) is 0 Å². The molecule has 2 nitrogen and oxygen atoms in total. The summed E-state index contributed by atoms with van der Waals surface area (Å²) in [7, 11) is 1.93. The summed E-state index contributed by atoms with van der Waals surface area (Å²) in [5.41, 5.74) is 1.27. The number of benzene rings is 1. The van der Waals surface area contributed by atoms with E-state index in [1.165, 1.54) is 5.56 Å². The number of para-hydroxylation sites is 1. The van der Waals surface area contributed by atoms with Crippen molar-refractivity contribution < 1.29 is 4.74 Å². The van der Waals surface area contributed by atoms with E-state index in [0.717, 1.165) is 12.3 Å². The third-order valence-electron chi connectivity index (χ3n) is 2.36. The lowest BCUT2D eigenvalue weighted by Crippen LogP contribution is -2.05. The Bertz CT molecular complexity index is 337. The largest absolute Gasteiger partial charge is 0.489 e. The van der Waals surface area contributed by atoms with Crippen molar-refractivity contribution in [2.75, 3.05) is 20.2 Å². The maximum atomic E-state index is 5.73. The summed E-state index contributed by atoms with van der Waals surface area (Å²) in [5.74, 6) is 1.49. The van der Waals surface area contributed by atoms with Gasteiger partial charge in [-0.3, -0.25) is 0 Å². The maximum absolute atomic E-state index is 5.73. The van der Waals surface area contributed by atoms with Crippen molar-refractivity contribution in [3.8, 4) is 5.75 Å². The highest BCUT2D eigenvalue weighted by molar-refractivity contribution is 5.85. The molecule has 1 aromatic carbocycles. The molecule has 0 unspecified atom stereocenters. The third-order valence-corrected chi connectivity index (χ3v) is 2.36. The molecule has 3 heteroatoms. The molecular weight excluding hydrogens is 234 g/mol. The number of nitrogens with one attached hydrogen (secondary N) is 1. The Hall–Kier alpha value is -0.990. The summed E-state index contributed by atoms with van der Waals surface area (Å²) < 4.78 is 5.73. The summed E-state index contributed by atoms with van der Waals surface area (Å²) in [5, 5.41) is 3.05. The van der Waals surface area contributed by atoms with E-state index in [1.807, 2.05) is 25.3 Å². The Morgan fingerprint density at radius 1 is 1.24 bits per heavy atom. The second kappa shape index (κ2) is 9.08. The van der Waals surface area contributed by atoms with Gasteiger partial charge in [-0.05, 0) is 24.6 Å². The Kier molecular flexibility index (Phi) is 8.55. The molecule has 0 saturated carbocycles. The summed E-state index contributed by atoms with van der Waals surface area (Å²) in [6.07, 6.45) is 4.10. The molecular formula is C14H22ClNO. The van der Waals surface area contributed by atoms with Crippen molar-refractivity contribution >= 4 is 12.4 Å². The number of ether oxygens (including phenoxy) is 1. The van der Waals surface area contributed by atoms with Crippen LogP contribution in [0.4, 0.5) is 0 Å². The molecule has 0 aliphatic rings. The van der Waals surface area contributed by atoms with Crippen LogP contribution in [0.1, 0.15) is 25.3 Å². The van der Waals surface area contributed by atoms with Crippen LogP contribution in [0.2, 0.25) is 0 Å². The average Bonchev–Trinajstić information content (AvgIpc) is 2.29. The van der Waals surface area contributed by atoms with Crippen molar-refractivity contribution in [3.05, 3.63) is 42.0 Å². The molecule has 0 bridgehead atoms. The highest BCUT2D eigenvalue weighted by Gasteiger charge is 2.05. The van der Waals surface area contributed by atoms with E-state index in [9.17, 15) is 0 Å². The minimum atomic E-state index is 0. The molecule has 0 atom stereocenters. The van der Waals surface area contributed by atoms with Gasteiger partial charge < -0.3 is 10.1 Å². The zero-order chi connectivity index (χ0) is 11.8. The van der Waals surface area contributed by atoms with E-state index in [-0.39, 0.29) is 12.4 Å². The molecule has 0 radical (unpaired) electrons. The fraction of sp³-hybridized carbons (Fsp3) is 0.429. The van der Waals surface area contributed by atoms with Crippen molar-refractivity contribution in [3.63, 3.8) is 0 Å². The Morgan fingerprint density at radius 3 is 2.59 bits per heavy atom. The number of likely N-dealkylation sites (N-methyl/N-ethyl adjacent to an activating group) is 1. The first-order valence-corrected chi connectivity index (χ1v) is 5.77. The molecule has 0 saturated heterocycles. The molecule has 0 fully saturated rings. The van der Waals surface area contributed by atoms with Crippen molar-refractivity contribution in [1.29, 1.82) is 0 Å². The lowest BCUT2D eigenvalue weighted by Gasteiger charge is -2.12. The summed E-state index contributed by atoms with van der Waals surface area (Å²) >= 11 is 0. The molecule has 0 spiro atoms. The third kappa shape index (κ3) is 5.76. The second-order valence-electron chi connectivity index (χ2n) is 4.03. The molecule has 0 heterocycles. The first-order valence-electron chi connectivity index (χ1n) is 5.77. The maximum Gasteiger partial charge on any atom is 0.123 e. The van der Waals surface area contributed by atoms with Crippen LogP contribution in [0.3, 0.4) is 0 Å². The average molecular weight is 256 g/mol. The van der Waals surface area contributed by atoms with E-state index < -0.39 is 0 Å². The van der Waals surface area contributed by atoms with Crippen molar-refractivity contribution in [1.82, 2.24) is 5.32 Å². The predicted octanol–water partition coefficient (Wildman–Crippen LogP) is 3.39. The van der Waals surface area contributed by atoms with Crippen LogP contribution >= 0.6 is 12.4 Å². The second-order valence-corrected chi connectivity index (χ2v) is 4.03. The molecule has 17 heavy (non-hydrogen) atoms. The van der Waals surface area contributed by atoms with Gasteiger partial charge in [-0.1, -0.05) is 44.2 Å². The lowest BCUT2D eigenvalue weighted by molar-refractivity contribution is 0.357. The zero-order valence-corrected chi connectivity index (χ0v) is 11.6. The highest BCUT2D eigenvalue weighted by Crippen LogP contribution is 2.25. The van der Waals surface area contributed by atoms with E-state index in [4.69, 9.17) is 4.74 Å². The molecule has 1 aromatic rings. The first-order chi connectivity index (χ1) is 7.75. The van der Waals surface area contributed by atoms with E-state index in [0.29, 0.717) is 12.5 Å². The summed E-state index contributed by atoms with van der Waals surface area (Å²) in [6, 6.07) is 8.22. The van der Waals surface area contributed by atoms with Gasteiger partial charge in [0.2, 0.25) is 0 Å². The molecule has 0 aliphatic heterocycles. The van der Waals surface area contributed by atoms with Gasteiger partial charge in [0.05, 0.1) is 0 Å². The fourth-order valence-corrected chi connectivity index (χ4v) is 1.50. The molecule has 1 rings (SSSR count). The number of halogens is 1. The highest BCUT2D eigenvalue weighted by atomic mass is 35.5. The van der Waals surface area contributed by atoms with Crippen LogP contribution in [0, 0.1) is 0 Å². The van der Waals surface area contributed by atoms with Crippen LogP contribution in [0.15, 0.2) is 36.4 Å². The number of hydrogen-bond donors (Lipinski definition) is 1. The normalized spacial score (nSPS) is 10.6. The zero-order valence-electron chi connectivity index (χ0n) is 10.8. The van der Waals surface area contributed by atoms with Gasteiger partial charge in [0.1, 0.15) is 12.4 Å². The van der Waals surface area contributed by atoms with Crippen LogP contribution in [-0.2, 0) is 0 Å².